The van der Waals surface area contributed by atoms with Gasteiger partial charge in [0.25, 0.3) is 11.5 Å². The number of rotatable bonds is 6. The number of carbonyl (C=O) groups excluding carboxylic acids is 1. The van der Waals surface area contributed by atoms with Gasteiger partial charge in [-0.1, -0.05) is 30.3 Å². The summed E-state index contributed by atoms with van der Waals surface area (Å²) < 4.78 is 12.0. The summed E-state index contributed by atoms with van der Waals surface area (Å²) in [5.41, 5.74) is 1.50. The van der Waals surface area contributed by atoms with E-state index in [0.29, 0.717) is 34.8 Å². The summed E-state index contributed by atoms with van der Waals surface area (Å²) in [5.74, 6) is 0.498. The number of amides is 1. The highest BCUT2D eigenvalue weighted by Gasteiger charge is 2.18. The second-order valence-corrected chi connectivity index (χ2v) is 6.87. The Morgan fingerprint density at radius 2 is 1.81 bits per heavy atom. The van der Waals surface area contributed by atoms with Crippen LogP contribution >= 0.6 is 0 Å². The van der Waals surface area contributed by atoms with Crippen molar-refractivity contribution >= 4 is 22.6 Å². The molecular formula is C24H21N3O4. The molecule has 2 heterocycles. The molecule has 0 atom stereocenters. The van der Waals surface area contributed by atoms with Crippen molar-refractivity contribution in [3.05, 3.63) is 94.4 Å². The van der Waals surface area contributed by atoms with Gasteiger partial charge in [-0.05, 0) is 35.9 Å². The van der Waals surface area contributed by atoms with Crippen LogP contribution in [0.4, 0.5) is 5.69 Å². The molecule has 0 saturated carbocycles. The maximum Gasteiger partial charge on any atom is 0.265 e. The van der Waals surface area contributed by atoms with Crippen LogP contribution < -0.4 is 20.3 Å². The van der Waals surface area contributed by atoms with Gasteiger partial charge < -0.3 is 14.8 Å². The van der Waals surface area contributed by atoms with E-state index in [0.717, 1.165) is 5.56 Å². The van der Waals surface area contributed by atoms with Gasteiger partial charge in [0.2, 0.25) is 0 Å². The molecule has 0 spiro atoms. The zero-order valence-corrected chi connectivity index (χ0v) is 17.2. The molecule has 4 rings (SSSR count). The lowest BCUT2D eigenvalue weighted by molar-refractivity contribution is 0.102. The normalized spacial score (nSPS) is 10.6. The summed E-state index contributed by atoms with van der Waals surface area (Å²) in [5, 5.41) is 3.47. The molecule has 0 saturated heterocycles. The maximum absolute atomic E-state index is 13.3. The molecule has 0 fully saturated rings. The van der Waals surface area contributed by atoms with Gasteiger partial charge in [-0.2, -0.15) is 0 Å². The number of nitrogens with one attached hydrogen (secondary N) is 1. The summed E-state index contributed by atoms with van der Waals surface area (Å²) in [7, 11) is 3.05. The van der Waals surface area contributed by atoms with Crippen LogP contribution in [0.25, 0.3) is 11.0 Å². The molecule has 0 aliphatic heterocycles. The lowest BCUT2D eigenvalue weighted by Gasteiger charge is -2.14. The zero-order valence-electron chi connectivity index (χ0n) is 17.2. The topological polar surface area (TPSA) is 82.5 Å². The predicted molar refractivity (Wildman–Crippen MR) is 119 cm³/mol. The van der Waals surface area contributed by atoms with E-state index in [1.165, 1.54) is 11.7 Å². The molecule has 1 N–H and O–H groups in total. The highest BCUT2D eigenvalue weighted by atomic mass is 16.5. The highest BCUT2D eigenvalue weighted by Crippen LogP contribution is 2.29. The van der Waals surface area contributed by atoms with Crippen LogP contribution in [0, 0.1) is 0 Å². The number of carbonyl (C=O) groups is 1. The second kappa shape index (κ2) is 8.71. The van der Waals surface area contributed by atoms with Gasteiger partial charge in [0.15, 0.2) is 0 Å². The van der Waals surface area contributed by atoms with Crippen molar-refractivity contribution in [3.63, 3.8) is 0 Å². The summed E-state index contributed by atoms with van der Waals surface area (Å²) in [6.45, 7) is 0.306. The summed E-state index contributed by atoms with van der Waals surface area (Å²) >= 11 is 0. The second-order valence-electron chi connectivity index (χ2n) is 6.87. The number of pyridine rings is 2. The number of benzene rings is 2. The van der Waals surface area contributed by atoms with Crippen LogP contribution in [0.5, 0.6) is 11.5 Å². The van der Waals surface area contributed by atoms with Crippen LogP contribution in [-0.2, 0) is 6.54 Å². The molecule has 4 aromatic rings. The Hall–Kier alpha value is -4.13. The van der Waals surface area contributed by atoms with E-state index in [9.17, 15) is 9.59 Å². The SMILES string of the molecule is COc1ccc(NC(=O)c2cc3cccnc3n(Cc3ccccc3)c2=O)c(OC)c1. The van der Waals surface area contributed by atoms with Crippen molar-refractivity contribution in [1.82, 2.24) is 9.55 Å². The molecule has 2 aromatic heterocycles. The van der Waals surface area contributed by atoms with E-state index in [2.05, 4.69) is 10.3 Å². The largest absolute Gasteiger partial charge is 0.497 e. The Morgan fingerprint density at radius 1 is 1.00 bits per heavy atom. The van der Waals surface area contributed by atoms with Crippen molar-refractivity contribution in [2.45, 2.75) is 6.54 Å². The summed E-state index contributed by atoms with van der Waals surface area (Å²) in [6.07, 6.45) is 1.63. The van der Waals surface area contributed by atoms with E-state index < -0.39 is 11.5 Å². The van der Waals surface area contributed by atoms with E-state index in [1.54, 1.807) is 43.6 Å². The first-order valence-corrected chi connectivity index (χ1v) is 9.66. The molecular weight excluding hydrogens is 394 g/mol. The summed E-state index contributed by atoms with van der Waals surface area (Å²) in [4.78, 5) is 30.7. The maximum atomic E-state index is 13.3. The van der Waals surface area contributed by atoms with E-state index in [-0.39, 0.29) is 5.56 Å². The van der Waals surface area contributed by atoms with Crippen molar-refractivity contribution in [3.8, 4) is 11.5 Å². The average molecular weight is 415 g/mol. The number of aromatic nitrogens is 2. The van der Waals surface area contributed by atoms with Gasteiger partial charge in [-0.15, -0.1) is 0 Å². The Balaban J connectivity index is 1.76. The van der Waals surface area contributed by atoms with Gasteiger partial charge in [0.05, 0.1) is 26.5 Å². The first-order valence-electron chi connectivity index (χ1n) is 9.66. The van der Waals surface area contributed by atoms with Crippen LogP contribution in [0.3, 0.4) is 0 Å². The minimum absolute atomic E-state index is 0.0225. The number of hydrogen-bond donors (Lipinski definition) is 1. The van der Waals surface area contributed by atoms with E-state index in [1.807, 2.05) is 36.4 Å². The molecule has 0 aliphatic rings. The fourth-order valence-electron chi connectivity index (χ4n) is 3.37. The van der Waals surface area contributed by atoms with Crippen LogP contribution in [0.15, 0.2) is 77.7 Å². The Bertz CT molecular complexity index is 1300. The molecule has 0 bridgehead atoms. The monoisotopic (exact) mass is 415 g/mol. The van der Waals surface area contributed by atoms with Gasteiger partial charge in [-0.25, -0.2) is 4.98 Å². The lowest BCUT2D eigenvalue weighted by atomic mass is 10.1. The molecule has 0 radical (unpaired) electrons. The number of fused-ring (bicyclic) bond motifs is 1. The molecule has 0 unspecified atom stereocenters. The number of methoxy groups -OCH3 is 2. The highest BCUT2D eigenvalue weighted by molar-refractivity contribution is 6.06. The number of ether oxygens (including phenoxy) is 2. The molecule has 0 aliphatic carbocycles. The summed E-state index contributed by atoms with van der Waals surface area (Å²) in [6, 6.07) is 19.8. The van der Waals surface area contributed by atoms with Gasteiger partial charge in [-0.3, -0.25) is 14.2 Å². The van der Waals surface area contributed by atoms with Crippen molar-refractivity contribution in [1.29, 1.82) is 0 Å². The zero-order chi connectivity index (χ0) is 21.8. The average Bonchev–Trinajstić information content (AvgIpc) is 2.81. The van der Waals surface area contributed by atoms with Gasteiger partial charge in [0.1, 0.15) is 22.7 Å². The fourth-order valence-corrected chi connectivity index (χ4v) is 3.37. The van der Waals surface area contributed by atoms with Crippen LogP contribution in [-0.4, -0.2) is 29.7 Å². The third-order valence-corrected chi connectivity index (χ3v) is 4.93. The third-order valence-electron chi connectivity index (χ3n) is 4.93. The van der Waals surface area contributed by atoms with E-state index in [4.69, 9.17) is 9.47 Å². The fraction of sp³-hybridized carbons (Fsp3) is 0.125. The van der Waals surface area contributed by atoms with Crippen molar-refractivity contribution in [2.75, 3.05) is 19.5 Å². The third kappa shape index (κ3) is 4.11. The number of hydrogen-bond acceptors (Lipinski definition) is 5. The lowest BCUT2D eigenvalue weighted by Crippen LogP contribution is -2.30. The molecule has 7 heteroatoms. The molecule has 156 valence electrons. The first kappa shape index (κ1) is 20.2. The minimum atomic E-state index is -0.527. The number of anilines is 1. The van der Waals surface area contributed by atoms with Crippen molar-refractivity contribution < 1.29 is 14.3 Å². The molecule has 2 aromatic carbocycles. The Labute approximate surface area is 178 Å². The van der Waals surface area contributed by atoms with Crippen LogP contribution in [0.2, 0.25) is 0 Å². The molecule has 7 nitrogen and oxygen atoms in total. The quantitative estimate of drug-likeness (QED) is 0.519. The molecule has 31 heavy (non-hydrogen) atoms. The smallest absolute Gasteiger partial charge is 0.265 e. The predicted octanol–water partition coefficient (Wildman–Crippen LogP) is 3.71. The van der Waals surface area contributed by atoms with Crippen LogP contribution in [0.1, 0.15) is 15.9 Å². The number of nitrogens with zero attached hydrogens (tertiary/aromatic N) is 2. The Morgan fingerprint density at radius 3 is 2.55 bits per heavy atom. The first-order chi connectivity index (χ1) is 15.1. The van der Waals surface area contributed by atoms with Gasteiger partial charge >= 0.3 is 0 Å². The Kier molecular flexibility index (Phi) is 5.66. The molecule has 1 amide bonds. The minimum Gasteiger partial charge on any atom is -0.497 e. The standard InChI is InChI=1S/C24H21N3O4/c1-30-18-10-11-20(21(14-18)31-2)26-23(28)19-13-17-9-6-12-25-22(17)27(24(19)29)15-16-7-4-3-5-8-16/h3-14H,15H2,1-2H3,(H,26,28). The van der Waals surface area contributed by atoms with Gasteiger partial charge in [0, 0.05) is 17.6 Å². The van der Waals surface area contributed by atoms with Crippen molar-refractivity contribution in [2.24, 2.45) is 0 Å². The van der Waals surface area contributed by atoms with E-state index >= 15 is 0 Å².